The molecule has 0 atom stereocenters. The molecule has 3 nitrogen and oxygen atoms in total. The Morgan fingerprint density at radius 3 is 2.52 bits per heavy atom. The van der Waals surface area contributed by atoms with Crippen LogP contribution in [0.2, 0.25) is 5.02 Å². The Kier molecular flexibility index (Phi) is 3.74. The van der Waals surface area contributed by atoms with Crippen molar-refractivity contribution in [2.75, 3.05) is 12.4 Å². The van der Waals surface area contributed by atoms with Crippen LogP contribution in [0.4, 0.5) is 0 Å². The van der Waals surface area contributed by atoms with Crippen LogP contribution in [0.1, 0.15) is 5.56 Å². The van der Waals surface area contributed by atoms with Gasteiger partial charge in [-0.25, -0.2) is 8.42 Å². The Morgan fingerprint density at radius 2 is 1.76 bits per heavy atom. The molecule has 0 spiro atoms. The monoisotopic (exact) mass is 320 g/mol. The summed E-state index contributed by atoms with van der Waals surface area (Å²) in [4.78, 5) is 0.275. The molecule has 0 saturated heterocycles. The number of sulfone groups is 1. The van der Waals surface area contributed by atoms with Gasteiger partial charge in [-0.05, 0) is 42.0 Å². The van der Waals surface area contributed by atoms with Crippen molar-refractivity contribution in [1.29, 1.82) is 0 Å². The summed E-state index contributed by atoms with van der Waals surface area (Å²) in [6.07, 6.45) is 1.82. The van der Waals surface area contributed by atoms with Gasteiger partial charge in [0.2, 0.25) is 0 Å². The van der Waals surface area contributed by atoms with Crippen LogP contribution in [-0.2, 0) is 9.84 Å². The van der Waals surface area contributed by atoms with E-state index in [1.807, 2.05) is 30.3 Å². The van der Waals surface area contributed by atoms with Crippen molar-refractivity contribution in [3.63, 3.8) is 0 Å². The number of fused-ring (bicyclic) bond motifs is 1. The summed E-state index contributed by atoms with van der Waals surface area (Å²) in [6, 6.07) is 13.7. The zero-order valence-electron chi connectivity index (χ0n) is 11.1. The Balaban J connectivity index is 1.93. The molecule has 1 aliphatic heterocycles. The first-order valence-corrected chi connectivity index (χ1v) is 8.49. The number of benzene rings is 2. The fraction of sp³-hybridized carbons (Fsp3) is 0.125. The summed E-state index contributed by atoms with van der Waals surface area (Å²) in [5, 5.41) is 0.518. The largest absolute Gasteiger partial charge is 0.489 e. The Labute approximate surface area is 128 Å². The van der Waals surface area contributed by atoms with E-state index in [1.165, 1.54) is 12.1 Å². The molecule has 0 unspecified atom stereocenters. The van der Waals surface area contributed by atoms with Gasteiger partial charge in [-0.1, -0.05) is 29.8 Å². The van der Waals surface area contributed by atoms with Crippen molar-refractivity contribution < 1.29 is 13.2 Å². The zero-order valence-corrected chi connectivity index (χ0v) is 12.7. The maximum absolute atomic E-state index is 12.5. The molecule has 1 aliphatic rings. The van der Waals surface area contributed by atoms with Gasteiger partial charge in [-0.3, -0.25) is 0 Å². The number of hydrogen-bond donors (Lipinski definition) is 0. The van der Waals surface area contributed by atoms with Crippen LogP contribution in [0.5, 0.6) is 5.75 Å². The highest BCUT2D eigenvalue weighted by Crippen LogP contribution is 2.31. The van der Waals surface area contributed by atoms with Crippen LogP contribution < -0.4 is 4.74 Å². The molecule has 0 saturated carbocycles. The normalized spacial score (nSPS) is 14.0. The van der Waals surface area contributed by atoms with Crippen LogP contribution >= 0.6 is 11.6 Å². The number of hydrogen-bond acceptors (Lipinski definition) is 3. The molecule has 2 aromatic rings. The van der Waals surface area contributed by atoms with Gasteiger partial charge < -0.3 is 4.74 Å². The molecule has 0 bridgehead atoms. The second kappa shape index (κ2) is 5.54. The van der Waals surface area contributed by atoms with Crippen molar-refractivity contribution >= 4 is 27.0 Å². The van der Waals surface area contributed by atoms with Crippen LogP contribution in [0, 0.1) is 0 Å². The molecule has 0 aromatic heterocycles. The standard InChI is InChI=1S/C16H13ClO3S/c17-13-5-7-14(8-6-13)21(18,19)11-12-9-10-20-16-4-2-1-3-15(12)16/h1-9H,10-11H2. The molecule has 0 fully saturated rings. The van der Waals surface area contributed by atoms with Gasteiger partial charge in [0.15, 0.2) is 9.84 Å². The van der Waals surface area contributed by atoms with E-state index in [1.54, 1.807) is 12.1 Å². The SMILES string of the molecule is O=S(=O)(CC1=CCOc2ccccc21)c1ccc(Cl)cc1. The summed E-state index contributed by atoms with van der Waals surface area (Å²) < 4.78 is 30.5. The van der Waals surface area contributed by atoms with Crippen LogP contribution in [0.3, 0.4) is 0 Å². The van der Waals surface area contributed by atoms with E-state index in [-0.39, 0.29) is 10.6 Å². The highest BCUT2D eigenvalue weighted by atomic mass is 35.5. The lowest BCUT2D eigenvalue weighted by Gasteiger charge is -2.18. The van der Waals surface area contributed by atoms with Crippen molar-refractivity contribution in [3.05, 3.63) is 65.2 Å². The summed E-state index contributed by atoms with van der Waals surface area (Å²) in [7, 11) is -3.40. The smallest absolute Gasteiger partial charge is 0.182 e. The topological polar surface area (TPSA) is 43.4 Å². The lowest BCUT2D eigenvalue weighted by molar-refractivity contribution is 0.357. The minimum Gasteiger partial charge on any atom is -0.489 e. The number of halogens is 1. The fourth-order valence-electron chi connectivity index (χ4n) is 2.27. The summed E-state index contributed by atoms with van der Waals surface area (Å²) in [5.41, 5.74) is 1.60. The van der Waals surface area contributed by atoms with Crippen molar-refractivity contribution in [2.24, 2.45) is 0 Å². The predicted octanol–water partition coefficient (Wildman–Crippen LogP) is 3.59. The van der Waals surface area contributed by atoms with Crippen LogP contribution in [0.25, 0.3) is 5.57 Å². The molecule has 1 heterocycles. The number of para-hydroxylation sites is 1. The Morgan fingerprint density at radius 1 is 1.05 bits per heavy atom. The maximum atomic E-state index is 12.5. The van der Waals surface area contributed by atoms with Gasteiger partial charge in [0.1, 0.15) is 12.4 Å². The molecular weight excluding hydrogens is 308 g/mol. The summed E-state index contributed by atoms with van der Waals surface area (Å²) >= 11 is 5.80. The van der Waals surface area contributed by atoms with Gasteiger partial charge in [0.25, 0.3) is 0 Å². The predicted molar refractivity (Wildman–Crippen MR) is 83.4 cm³/mol. The third-order valence-corrected chi connectivity index (χ3v) is 5.25. The Hall–Kier alpha value is -1.78. The summed E-state index contributed by atoms with van der Waals surface area (Å²) in [6.45, 7) is 0.391. The second-order valence-corrected chi connectivity index (χ2v) is 7.18. The Bertz CT molecular complexity index is 793. The molecule has 21 heavy (non-hydrogen) atoms. The maximum Gasteiger partial charge on any atom is 0.182 e. The molecule has 0 radical (unpaired) electrons. The average molecular weight is 321 g/mol. The third kappa shape index (κ3) is 2.96. The molecule has 5 heteroatoms. The van der Waals surface area contributed by atoms with E-state index in [2.05, 4.69) is 0 Å². The second-order valence-electron chi connectivity index (χ2n) is 4.75. The van der Waals surface area contributed by atoms with E-state index in [4.69, 9.17) is 16.3 Å². The molecule has 2 aromatic carbocycles. The zero-order chi connectivity index (χ0) is 14.9. The molecule has 0 N–H and O–H groups in total. The van der Waals surface area contributed by atoms with Gasteiger partial charge in [0, 0.05) is 10.6 Å². The first-order valence-electron chi connectivity index (χ1n) is 6.46. The highest BCUT2D eigenvalue weighted by Gasteiger charge is 2.21. The minimum atomic E-state index is -3.40. The van der Waals surface area contributed by atoms with Gasteiger partial charge >= 0.3 is 0 Å². The summed E-state index contributed by atoms with van der Waals surface area (Å²) in [5.74, 6) is 0.677. The minimum absolute atomic E-state index is 0.0466. The highest BCUT2D eigenvalue weighted by molar-refractivity contribution is 7.91. The van der Waals surface area contributed by atoms with Crippen LogP contribution in [-0.4, -0.2) is 20.8 Å². The van der Waals surface area contributed by atoms with E-state index in [9.17, 15) is 8.42 Å². The average Bonchev–Trinajstić information content (AvgIpc) is 2.48. The van der Waals surface area contributed by atoms with E-state index >= 15 is 0 Å². The van der Waals surface area contributed by atoms with Crippen LogP contribution in [0.15, 0.2) is 59.5 Å². The van der Waals surface area contributed by atoms with Gasteiger partial charge in [0.05, 0.1) is 10.6 Å². The van der Waals surface area contributed by atoms with E-state index in [0.29, 0.717) is 11.6 Å². The van der Waals surface area contributed by atoms with Crippen molar-refractivity contribution in [3.8, 4) is 5.75 Å². The lowest BCUT2D eigenvalue weighted by atomic mass is 10.0. The lowest BCUT2D eigenvalue weighted by Crippen LogP contribution is -2.13. The molecule has 0 aliphatic carbocycles. The van der Waals surface area contributed by atoms with Crippen molar-refractivity contribution in [1.82, 2.24) is 0 Å². The molecular formula is C16H13ClO3S. The first-order chi connectivity index (χ1) is 10.1. The number of ether oxygens (including phenoxy) is 1. The van der Waals surface area contributed by atoms with Gasteiger partial charge in [-0.2, -0.15) is 0 Å². The molecule has 3 rings (SSSR count). The third-order valence-electron chi connectivity index (χ3n) is 3.32. The first kappa shape index (κ1) is 14.2. The van der Waals surface area contributed by atoms with E-state index < -0.39 is 9.84 Å². The number of rotatable bonds is 3. The molecule has 0 amide bonds. The quantitative estimate of drug-likeness (QED) is 0.868. The van der Waals surface area contributed by atoms with E-state index in [0.717, 1.165) is 16.9 Å². The fourth-order valence-corrected chi connectivity index (χ4v) is 3.79. The molecule has 108 valence electrons. The van der Waals surface area contributed by atoms with Gasteiger partial charge in [-0.15, -0.1) is 0 Å². The van der Waals surface area contributed by atoms with Crippen molar-refractivity contribution in [2.45, 2.75) is 4.90 Å².